The highest BCUT2D eigenvalue weighted by Crippen LogP contribution is 2.09. The number of carboxylic acids is 1. The lowest BCUT2D eigenvalue weighted by molar-refractivity contribution is -0.921. The predicted molar refractivity (Wildman–Crippen MR) is 371 cm³/mol. The van der Waals surface area contributed by atoms with Gasteiger partial charge in [-0.3, -0.25) is 53.4 Å². The fraction of sp³-hybridized carbons (Fsp3) is 0.778. The lowest BCUT2D eigenvalue weighted by atomic mass is 10.1. The Labute approximate surface area is 581 Å². The fourth-order valence-electron chi connectivity index (χ4n) is 8.79. The highest BCUT2D eigenvalue weighted by atomic mass is 35.5. The van der Waals surface area contributed by atoms with E-state index in [1.54, 1.807) is 18.7 Å². The zero-order chi connectivity index (χ0) is 72.1. The molecule has 96 heavy (non-hydrogen) atoms. The largest absolute Gasteiger partial charge is 0.477 e. The van der Waals surface area contributed by atoms with Crippen LogP contribution in [0, 0.1) is 29.7 Å². The average molecular weight is 1430 g/mol. The molecule has 0 aromatic carbocycles. The molecular formula is C63H137ClN8O24. The predicted octanol–water partition coefficient (Wildman–Crippen LogP) is -4.21. The summed E-state index contributed by atoms with van der Waals surface area (Å²) in [5.41, 5.74) is 0. The van der Waals surface area contributed by atoms with Crippen molar-refractivity contribution >= 4 is 70.7 Å². The number of hydrogen-bond donors (Lipinski definition) is 15. The van der Waals surface area contributed by atoms with Gasteiger partial charge in [-0.25, -0.2) is 4.79 Å². The zero-order valence-electron chi connectivity index (χ0n) is 61.4. The Morgan fingerprint density at radius 1 is 0.448 bits per heavy atom. The number of nitrogens with zero attached hydrogens (tertiary/aromatic N) is 6. The number of ketones is 7. The minimum absolute atomic E-state index is 0. The third kappa shape index (κ3) is 85.7. The van der Waals surface area contributed by atoms with Crippen molar-refractivity contribution in [3.8, 4) is 0 Å². The van der Waals surface area contributed by atoms with Gasteiger partial charge in [-0.05, 0) is 40.2 Å². The number of carbonyl (C=O) groups excluding carboxylic acids is 9. The number of carboxylic acid groups (broad SMARTS) is 1. The number of likely N-dealkylation sites (N-methyl/N-ethyl adjacent to an activating group) is 2. The van der Waals surface area contributed by atoms with E-state index in [4.69, 9.17) is 66.4 Å². The first kappa shape index (κ1) is 119. The van der Waals surface area contributed by atoms with Crippen LogP contribution < -0.4 is 10.6 Å². The summed E-state index contributed by atoms with van der Waals surface area (Å²) in [6.45, 7) is 20.1. The average Bonchev–Trinajstić information content (AvgIpc) is 4.08. The summed E-state index contributed by atoms with van der Waals surface area (Å²) in [5.74, 6) is -1.05. The number of carbonyl (C=O) groups is 10. The van der Waals surface area contributed by atoms with Gasteiger partial charge in [0.1, 0.15) is 103 Å². The van der Waals surface area contributed by atoms with Crippen molar-refractivity contribution in [1.29, 1.82) is 0 Å². The summed E-state index contributed by atoms with van der Waals surface area (Å²) in [4.78, 5) is 109. The van der Waals surface area contributed by atoms with Crippen molar-refractivity contribution in [1.82, 2.24) is 20.4 Å². The van der Waals surface area contributed by atoms with E-state index in [2.05, 4.69) is 15.4 Å². The minimum atomic E-state index is -1.04. The second-order valence-electron chi connectivity index (χ2n) is 22.8. The van der Waals surface area contributed by atoms with Gasteiger partial charge < -0.3 is 129 Å². The van der Waals surface area contributed by atoms with Crippen LogP contribution in [0.25, 0.3) is 0 Å². The molecule has 1 heterocycles. The molecule has 0 radical (unpaired) electrons. The quantitative estimate of drug-likeness (QED) is 0.00906. The molecule has 1 atom stereocenters. The van der Waals surface area contributed by atoms with Crippen molar-refractivity contribution in [2.75, 3.05) is 238 Å². The van der Waals surface area contributed by atoms with Crippen LogP contribution in [0.3, 0.4) is 0 Å². The van der Waals surface area contributed by atoms with Gasteiger partial charge in [-0.15, -0.1) is 12.4 Å². The number of rotatable bonds is 42. The van der Waals surface area contributed by atoms with Crippen LogP contribution in [0.5, 0.6) is 0 Å². The topological polar surface area (TPSA) is 473 Å². The summed E-state index contributed by atoms with van der Waals surface area (Å²) in [5, 5.41) is 119. The van der Waals surface area contributed by atoms with Gasteiger partial charge in [-0.2, -0.15) is 0 Å². The summed E-state index contributed by atoms with van der Waals surface area (Å²) in [7, 11) is 5.71. The molecule has 1 fully saturated rings. The van der Waals surface area contributed by atoms with Crippen LogP contribution in [0.1, 0.15) is 81.6 Å². The van der Waals surface area contributed by atoms with Crippen LogP contribution in [-0.2, 0) is 52.7 Å². The van der Waals surface area contributed by atoms with Gasteiger partial charge in [0.05, 0.1) is 114 Å². The zero-order valence-corrected chi connectivity index (χ0v) is 62.2. The summed E-state index contributed by atoms with van der Waals surface area (Å²) >= 11 is 0. The molecule has 1 unspecified atom stereocenters. The van der Waals surface area contributed by atoms with Crippen LogP contribution >= 0.6 is 12.4 Å². The molecule has 15 N–H and O–H groups in total. The highest BCUT2D eigenvalue weighted by Gasteiger charge is 2.31. The minimum Gasteiger partial charge on any atom is -0.477 e. The molecule has 33 heteroatoms. The van der Waals surface area contributed by atoms with Crippen molar-refractivity contribution in [2.45, 2.75) is 87.6 Å². The molecule has 0 aromatic rings. The number of aliphatic carboxylic acids is 1. The van der Waals surface area contributed by atoms with Crippen LogP contribution in [-0.4, -0.2) is 397 Å². The monoisotopic (exact) mass is 1420 g/mol. The lowest BCUT2D eigenvalue weighted by Gasteiger charge is -2.36. The summed E-state index contributed by atoms with van der Waals surface area (Å²) in [6.07, 6.45) is 3.14. The first-order chi connectivity index (χ1) is 42.4. The summed E-state index contributed by atoms with van der Waals surface area (Å²) < 4.78 is 5.65. The number of halogens is 1. The number of aliphatic hydroxyl groups is 12. The first-order valence-corrected chi connectivity index (χ1v) is 30.3. The van der Waals surface area contributed by atoms with E-state index in [0.717, 1.165) is 13.0 Å². The van der Waals surface area contributed by atoms with E-state index in [1.165, 1.54) is 66.2 Å². The molecule has 0 spiro atoms. The van der Waals surface area contributed by atoms with Gasteiger partial charge in [0.2, 0.25) is 5.91 Å². The molecule has 1 rings (SSSR count). The van der Waals surface area contributed by atoms with E-state index in [-0.39, 0.29) is 223 Å². The molecular weight excluding hydrogens is 1290 g/mol. The number of amides is 1. The Morgan fingerprint density at radius 3 is 1.08 bits per heavy atom. The fourth-order valence-corrected chi connectivity index (χ4v) is 8.79. The van der Waals surface area contributed by atoms with Gasteiger partial charge in [0.25, 0.3) is 0 Å². The molecule has 0 aliphatic carbocycles. The summed E-state index contributed by atoms with van der Waals surface area (Å²) in [6, 6.07) is 0.488. The number of esters is 1. The van der Waals surface area contributed by atoms with E-state index in [9.17, 15) is 47.9 Å². The molecule has 0 bridgehead atoms. The second-order valence-corrected chi connectivity index (χ2v) is 22.8. The molecule has 1 amide bonds. The van der Waals surface area contributed by atoms with E-state index >= 15 is 0 Å². The lowest BCUT2D eigenvalue weighted by Crippen LogP contribution is -2.56. The first-order valence-electron chi connectivity index (χ1n) is 30.3. The van der Waals surface area contributed by atoms with Crippen molar-refractivity contribution in [3.05, 3.63) is 29.7 Å². The standard InChI is InChI=1S/C9H17NO5.C9H20NO4.C8H18NO3.C7H15NO3.C7H16NO2.C7H13NO.C6H11NO3.C6H13NO3.4CH3.ClH/c1-8(13)6-10(2-4-11,3-5-12)7-9(14)15;1-9(14)8-10(2-5-11,3-6-12)4-7-13;1-8(12)7-9(2,3-5-10)4-6-11;1-7(11)6-8(2-4-9)3-5-10;1-7(10)6-8(2,3)4-5-9;1-6(9)5-7-3-2-4-8-7;1-5(8)3-7-4-10-6(2)9;1-6(10)7(2-4-8)3-5-9;;;;;/h11-12H,2-7H2,1H3;11-13H,2-8H2,1H3;10-11H,3-7H2,1-2H3;9-10H,2-6H2,1H3;9H,4-6H2,1-3H3;7-8H,2-5H2,1H3;7H,3-4H2,1-2H3;8-9H,2-5H2,1H3;4*1H3;1H/q;2*+1;;+1;;;;4*-1;/p+1. The maximum absolute atomic E-state index is 11.0. The molecule has 1 saturated heterocycles. The number of hydrogen-bond acceptors (Lipinski definition) is 26. The van der Waals surface area contributed by atoms with Crippen LogP contribution in [0.15, 0.2) is 0 Å². The second kappa shape index (κ2) is 76.4. The Hall–Kier alpha value is -4.37. The van der Waals surface area contributed by atoms with Crippen molar-refractivity contribution in [2.24, 2.45) is 0 Å². The Morgan fingerprint density at radius 2 is 0.812 bits per heavy atom. The molecule has 1 aliphatic rings. The Bertz CT molecular complexity index is 1850. The van der Waals surface area contributed by atoms with Gasteiger partial charge in [0.15, 0.2) is 29.7 Å². The maximum atomic E-state index is 11.0. The molecule has 0 aromatic heterocycles. The third-order valence-corrected chi connectivity index (χ3v) is 12.6. The van der Waals surface area contributed by atoms with E-state index in [0.29, 0.717) is 106 Å². The smallest absolute Gasteiger partial charge is 0.359 e. The van der Waals surface area contributed by atoms with Gasteiger partial charge >= 0.3 is 11.9 Å². The molecule has 1 aliphatic heterocycles. The van der Waals surface area contributed by atoms with Gasteiger partial charge in [-0.1, -0.05) is 0 Å². The number of quaternary nitrogens is 4. The van der Waals surface area contributed by atoms with Crippen molar-refractivity contribution in [3.63, 3.8) is 0 Å². The number of aliphatic hydroxyl groups excluding tert-OH is 12. The molecule has 580 valence electrons. The normalized spacial score (nSPS) is 11.8. The SMILES string of the molecule is CC(=O)CC1CCCN1.CC(=O)CN(CCO)CCO.CC(=O)CNCOC(C)=O.CC(=O)C[N+](C)(C)CCO.CC(=O)C[N+](C)(CCO)CCO.CC(=O)C[N+](CCO)(CCO)CC(=O)O.CC(=O)C[N+](CCO)(CCO)CCO.CC(=O)N(CCO)CCO.Cl.[CH3-].[CH3-].[CH3-].[CH3-]. The maximum Gasteiger partial charge on any atom is 0.359 e. The number of nitrogens with one attached hydrogen (secondary N) is 2. The van der Waals surface area contributed by atoms with Crippen LogP contribution in [0.4, 0.5) is 0 Å². The van der Waals surface area contributed by atoms with E-state index in [1.807, 2.05) is 21.1 Å². The van der Waals surface area contributed by atoms with Gasteiger partial charge in [0, 0.05) is 80.2 Å². The van der Waals surface area contributed by atoms with E-state index < -0.39 is 5.97 Å². The van der Waals surface area contributed by atoms with Crippen LogP contribution in [0.2, 0.25) is 0 Å². The third-order valence-electron chi connectivity index (χ3n) is 12.6. The number of ether oxygens (including phenoxy) is 1. The molecule has 32 nitrogen and oxygen atoms in total. The highest BCUT2D eigenvalue weighted by molar-refractivity contribution is 5.85. The Balaban J connectivity index is -0.0000000838. The Kier molecular flexibility index (Phi) is 94.4. The molecule has 0 saturated carbocycles. The number of Topliss-reactive ketones (excluding diaryl/α,β-unsaturated/α-hetero) is 7. The van der Waals surface area contributed by atoms with Crippen molar-refractivity contribution < 1.29 is 137 Å².